The normalized spacial score (nSPS) is 12.2. The van der Waals surface area contributed by atoms with Crippen LogP contribution in [0.1, 0.15) is 18.7 Å². The van der Waals surface area contributed by atoms with Crippen molar-refractivity contribution in [3.05, 3.63) is 103 Å². The first-order valence-corrected chi connectivity index (χ1v) is 10.1. The number of nitrogens with one attached hydrogen (secondary N) is 1. The Hall–Kier alpha value is -3.85. The molecule has 1 atom stereocenters. The molecule has 0 spiro atoms. The molecule has 4 aromatic carbocycles. The van der Waals surface area contributed by atoms with Gasteiger partial charge in [-0.15, -0.1) is 0 Å². The maximum Gasteiger partial charge on any atom is 0.124 e. The lowest BCUT2D eigenvalue weighted by Gasteiger charge is -2.21. The van der Waals surface area contributed by atoms with Crippen LogP contribution < -0.4 is 5.32 Å². The smallest absolute Gasteiger partial charge is 0.124 e. The summed E-state index contributed by atoms with van der Waals surface area (Å²) < 4.78 is 0. The van der Waals surface area contributed by atoms with Crippen molar-refractivity contribution in [2.24, 2.45) is 0 Å². The predicted molar refractivity (Wildman–Crippen MR) is 125 cm³/mol. The van der Waals surface area contributed by atoms with E-state index in [2.05, 4.69) is 53.6 Å². The van der Waals surface area contributed by atoms with E-state index in [1.165, 1.54) is 0 Å². The van der Waals surface area contributed by atoms with Gasteiger partial charge in [-0.25, -0.2) is 0 Å². The van der Waals surface area contributed by atoms with E-state index in [0.29, 0.717) is 0 Å². The van der Waals surface area contributed by atoms with Crippen LogP contribution in [0.25, 0.3) is 32.7 Å². The first-order valence-electron chi connectivity index (χ1n) is 10.1. The highest BCUT2D eigenvalue weighted by molar-refractivity contribution is 6.11. The van der Waals surface area contributed by atoms with Gasteiger partial charge in [0, 0.05) is 23.0 Å². The van der Waals surface area contributed by atoms with Gasteiger partial charge >= 0.3 is 0 Å². The topological polar surface area (TPSA) is 45.1 Å². The SMILES string of the molecule is CC(Nc1ccc2ccccc2c1-c1c(O)ccc2ccccc12)c1ccccn1. The molecule has 1 aromatic heterocycles. The molecule has 1 unspecified atom stereocenters. The third kappa shape index (κ3) is 3.15. The van der Waals surface area contributed by atoms with Crippen LogP contribution in [0.15, 0.2) is 97.2 Å². The summed E-state index contributed by atoms with van der Waals surface area (Å²) in [6, 6.07) is 30.4. The molecule has 0 radical (unpaired) electrons. The minimum Gasteiger partial charge on any atom is -0.507 e. The van der Waals surface area contributed by atoms with E-state index in [1.54, 1.807) is 6.07 Å². The van der Waals surface area contributed by atoms with Crippen LogP contribution in [-0.4, -0.2) is 10.1 Å². The summed E-state index contributed by atoms with van der Waals surface area (Å²) >= 11 is 0. The maximum absolute atomic E-state index is 11.0. The number of anilines is 1. The Labute approximate surface area is 175 Å². The average molecular weight is 390 g/mol. The van der Waals surface area contributed by atoms with Crippen molar-refractivity contribution in [3.8, 4) is 16.9 Å². The Morgan fingerprint density at radius 3 is 2.03 bits per heavy atom. The fourth-order valence-corrected chi connectivity index (χ4v) is 4.12. The number of hydrogen-bond acceptors (Lipinski definition) is 3. The Balaban J connectivity index is 1.77. The molecular formula is C27H22N2O. The summed E-state index contributed by atoms with van der Waals surface area (Å²) in [6.45, 7) is 2.10. The van der Waals surface area contributed by atoms with Gasteiger partial charge in [0.25, 0.3) is 0 Å². The van der Waals surface area contributed by atoms with Gasteiger partial charge in [0.05, 0.1) is 11.7 Å². The molecule has 0 saturated carbocycles. The molecule has 3 heteroatoms. The van der Waals surface area contributed by atoms with Crippen LogP contribution in [0.2, 0.25) is 0 Å². The Morgan fingerprint density at radius 2 is 1.33 bits per heavy atom. The van der Waals surface area contributed by atoms with Crippen LogP contribution in [0.3, 0.4) is 0 Å². The van der Waals surface area contributed by atoms with Crippen LogP contribution in [0, 0.1) is 0 Å². The Bertz CT molecular complexity index is 1350. The molecule has 0 aliphatic rings. The summed E-state index contributed by atoms with van der Waals surface area (Å²) in [5.41, 5.74) is 3.79. The van der Waals surface area contributed by atoms with Crippen molar-refractivity contribution in [1.82, 2.24) is 4.98 Å². The highest BCUT2D eigenvalue weighted by atomic mass is 16.3. The lowest BCUT2D eigenvalue weighted by Crippen LogP contribution is -2.09. The lowest BCUT2D eigenvalue weighted by molar-refractivity contribution is 0.478. The largest absolute Gasteiger partial charge is 0.507 e. The van der Waals surface area contributed by atoms with Gasteiger partial charge in [0.15, 0.2) is 0 Å². The van der Waals surface area contributed by atoms with Gasteiger partial charge in [0.1, 0.15) is 5.75 Å². The number of pyridine rings is 1. The highest BCUT2D eigenvalue weighted by Gasteiger charge is 2.18. The summed E-state index contributed by atoms with van der Waals surface area (Å²) in [5.74, 6) is 0.276. The number of phenols is 1. The Morgan fingerprint density at radius 1 is 0.700 bits per heavy atom. The zero-order valence-corrected chi connectivity index (χ0v) is 16.7. The molecule has 146 valence electrons. The van der Waals surface area contributed by atoms with Gasteiger partial charge < -0.3 is 10.4 Å². The van der Waals surface area contributed by atoms with Gasteiger partial charge in [-0.1, -0.05) is 66.7 Å². The van der Waals surface area contributed by atoms with Crippen molar-refractivity contribution in [1.29, 1.82) is 0 Å². The Kier molecular flexibility index (Phi) is 4.56. The number of phenolic OH excluding ortho intramolecular Hbond substituents is 1. The molecule has 0 aliphatic carbocycles. The van der Waals surface area contributed by atoms with Crippen molar-refractivity contribution in [2.45, 2.75) is 13.0 Å². The van der Waals surface area contributed by atoms with E-state index in [-0.39, 0.29) is 11.8 Å². The minimum absolute atomic E-state index is 0.0169. The van der Waals surface area contributed by atoms with E-state index < -0.39 is 0 Å². The molecule has 1 heterocycles. The molecule has 3 nitrogen and oxygen atoms in total. The van der Waals surface area contributed by atoms with Crippen LogP contribution in [0.4, 0.5) is 5.69 Å². The number of fused-ring (bicyclic) bond motifs is 2. The van der Waals surface area contributed by atoms with Crippen LogP contribution in [-0.2, 0) is 0 Å². The predicted octanol–water partition coefficient (Wildman–Crippen LogP) is 6.93. The second-order valence-electron chi connectivity index (χ2n) is 7.51. The van der Waals surface area contributed by atoms with E-state index in [9.17, 15) is 5.11 Å². The molecule has 0 amide bonds. The molecule has 5 aromatic rings. The van der Waals surface area contributed by atoms with Gasteiger partial charge in [-0.05, 0) is 52.7 Å². The number of rotatable bonds is 4. The molecule has 0 saturated heterocycles. The number of hydrogen-bond donors (Lipinski definition) is 2. The third-order valence-corrected chi connectivity index (χ3v) is 5.59. The zero-order chi connectivity index (χ0) is 20.5. The molecule has 2 N–H and O–H groups in total. The quantitative estimate of drug-likeness (QED) is 0.349. The van der Waals surface area contributed by atoms with Gasteiger partial charge in [-0.2, -0.15) is 0 Å². The zero-order valence-electron chi connectivity index (χ0n) is 16.7. The molecule has 0 fully saturated rings. The summed E-state index contributed by atoms with van der Waals surface area (Å²) in [4.78, 5) is 4.50. The summed E-state index contributed by atoms with van der Waals surface area (Å²) in [7, 11) is 0. The van der Waals surface area contributed by atoms with Crippen molar-refractivity contribution < 1.29 is 5.11 Å². The lowest BCUT2D eigenvalue weighted by atomic mass is 9.91. The third-order valence-electron chi connectivity index (χ3n) is 5.59. The van der Waals surface area contributed by atoms with E-state index in [0.717, 1.165) is 44.1 Å². The summed E-state index contributed by atoms with van der Waals surface area (Å²) in [6.07, 6.45) is 1.81. The second kappa shape index (κ2) is 7.53. The second-order valence-corrected chi connectivity index (χ2v) is 7.51. The van der Waals surface area contributed by atoms with E-state index in [4.69, 9.17) is 0 Å². The van der Waals surface area contributed by atoms with Crippen molar-refractivity contribution >= 4 is 27.2 Å². The molecule has 0 bridgehead atoms. The van der Waals surface area contributed by atoms with Crippen molar-refractivity contribution in [2.75, 3.05) is 5.32 Å². The summed E-state index contributed by atoms with van der Waals surface area (Å²) in [5, 5.41) is 19.0. The van der Waals surface area contributed by atoms with E-state index >= 15 is 0 Å². The van der Waals surface area contributed by atoms with Crippen LogP contribution >= 0.6 is 0 Å². The number of nitrogens with zero attached hydrogens (tertiary/aromatic N) is 1. The first kappa shape index (κ1) is 18.2. The number of benzene rings is 4. The monoisotopic (exact) mass is 390 g/mol. The molecule has 5 rings (SSSR count). The average Bonchev–Trinajstić information content (AvgIpc) is 2.80. The molecular weight excluding hydrogens is 368 g/mol. The van der Waals surface area contributed by atoms with Gasteiger partial charge in [0.2, 0.25) is 0 Å². The minimum atomic E-state index is 0.0169. The number of aromatic hydroxyl groups is 1. The standard InChI is InChI=1S/C27H22N2O/c1-18(23-12-6-7-17-28-23)29-24-15-13-19-8-2-4-10-21(19)26(24)27-22-11-5-3-9-20(22)14-16-25(27)30/h2-18,29-30H,1H3. The van der Waals surface area contributed by atoms with Crippen molar-refractivity contribution in [3.63, 3.8) is 0 Å². The van der Waals surface area contributed by atoms with Crippen LogP contribution in [0.5, 0.6) is 5.75 Å². The fourth-order valence-electron chi connectivity index (χ4n) is 4.12. The maximum atomic E-state index is 11.0. The number of aromatic nitrogens is 1. The fraction of sp³-hybridized carbons (Fsp3) is 0.0741. The van der Waals surface area contributed by atoms with Gasteiger partial charge in [-0.3, -0.25) is 4.98 Å². The first-order chi connectivity index (χ1) is 14.7. The molecule has 30 heavy (non-hydrogen) atoms. The molecule has 0 aliphatic heterocycles. The van der Waals surface area contributed by atoms with E-state index in [1.807, 2.05) is 54.7 Å². The highest BCUT2D eigenvalue weighted by Crippen LogP contribution is 2.44.